The van der Waals surface area contributed by atoms with E-state index in [-0.39, 0.29) is 5.41 Å². The smallest absolute Gasteiger partial charge is 0.140 e. The Morgan fingerprint density at radius 3 is 3.12 bits per heavy atom. The van der Waals surface area contributed by atoms with Crippen LogP contribution < -0.4 is 5.32 Å². The highest BCUT2D eigenvalue weighted by atomic mass is 16.5. The van der Waals surface area contributed by atoms with Gasteiger partial charge in [0.25, 0.3) is 0 Å². The molecule has 1 aliphatic rings. The molecule has 1 saturated heterocycles. The van der Waals surface area contributed by atoms with Crippen LogP contribution in [0, 0.1) is 0 Å². The largest absolute Gasteiger partial charge is 0.383 e. The minimum absolute atomic E-state index is 0.171. The topological polar surface area (TPSA) is 52.0 Å². The summed E-state index contributed by atoms with van der Waals surface area (Å²) < 4.78 is 7.23. The fourth-order valence-electron chi connectivity index (χ4n) is 2.41. The maximum absolute atomic E-state index is 5.11. The molecule has 0 bridgehead atoms. The summed E-state index contributed by atoms with van der Waals surface area (Å²) in [6.45, 7) is 5.85. The molecule has 1 aliphatic heterocycles. The lowest BCUT2D eigenvalue weighted by Gasteiger charge is -2.25. The zero-order chi connectivity index (χ0) is 11.4. The van der Waals surface area contributed by atoms with Crippen molar-refractivity contribution in [3.63, 3.8) is 0 Å². The molecule has 90 valence electrons. The van der Waals surface area contributed by atoms with Crippen LogP contribution in [-0.2, 0) is 16.7 Å². The molecule has 1 atom stereocenters. The van der Waals surface area contributed by atoms with Crippen molar-refractivity contribution < 1.29 is 4.74 Å². The molecule has 1 unspecified atom stereocenters. The number of nitrogens with zero attached hydrogens (tertiary/aromatic N) is 3. The fourth-order valence-corrected chi connectivity index (χ4v) is 2.41. The summed E-state index contributed by atoms with van der Waals surface area (Å²) in [5.74, 6) is 1.11. The molecule has 1 aromatic rings. The number of hydrogen-bond acceptors (Lipinski definition) is 4. The standard InChI is InChI=1S/C11H20N4O/c1-3-11(4-5-12-8-11)10-14-13-9-15(10)6-7-16-2/h9,12H,3-8H2,1-2H3. The van der Waals surface area contributed by atoms with Crippen LogP contribution >= 0.6 is 0 Å². The SMILES string of the molecule is CCC1(c2nncn2CCOC)CCNC1. The molecule has 0 aliphatic carbocycles. The molecule has 5 heteroatoms. The average Bonchev–Trinajstić information content (AvgIpc) is 2.95. The van der Waals surface area contributed by atoms with Gasteiger partial charge in [-0.25, -0.2) is 0 Å². The highest BCUT2D eigenvalue weighted by Crippen LogP contribution is 2.32. The average molecular weight is 224 g/mol. The second kappa shape index (κ2) is 4.93. The van der Waals surface area contributed by atoms with Crippen molar-refractivity contribution in [1.29, 1.82) is 0 Å². The molecule has 0 aromatic carbocycles. The van der Waals surface area contributed by atoms with Crippen molar-refractivity contribution in [2.24, 2.45) is 0 Å². The van der Waals surface area contributed by atoms with Gasteiger partial charge in [0.2, 0.25) is 0 Å². The zero-order valence-corrected chi connectivity index (χ0v) is 10.1. The first-order chi connectivity index (χ1) is 7.82. The number of aromatic nitrogens is 3. The first kappa shape index (κ1) is 11.5. The molecule has 16 heavy (non-hydrogen) atoms. The highest BCUT2D eigenvalue weighted by Gasteiger charge is 2.37. The third-order valence-corrected chi connectivity index (χ3v) is 3.55. The highest BCUT2D eigenvalue weighted by molar-refractivity contribution is 5.12. The van der Waals surface area contributed by atoms with Gasteiger partial charge in [-0.05, 0) is 19.4 Å². The lowest BCUT2D eigenvalue weighted by Crippen LogP contribution is -2.32. The first-order valence-electron chi connectivity index (χ1n) is 5.90. The molecule has 5 nitrogen and oxygen atoms in total. The summed E-state index contributed by atoms with van der Waals surface area (Å²) in [5, 5.41) is 11.8. The molecule has 0 saturated carbocycles. The van der Waals surface area contributed by atoms with Crippen LogP contribution in [0.1, 0.15) is 25.6 Å². The van der Waals surface area contributed by atoms with Gasteiger partial charge in [0.15, 0.2) is 0 Å². The van der Waals surface area contributed by atoms with E-state index in [2.05, 4.69) is 27.0 Å². The molecular formula is C11H20N4O. The summed E-state index contributed by atoms with van der Waals surface area (Å²) in [6.07, 6.45) is 4.06. The van der Waals surface area contributed by atoms with Crippen molar-refractivity contribution in [1.82, 2.24) is 20.1 Å². The Bertz CT molecular complexity index is 330. The monoisotopic (exact) mass is 224 g/mol. The van der Waals surface area contributed by atoms with Crippen molar-refractivity contribution in [2.75, 3.05) is 26.8 Å². The second-order valence-corrected chi connectivity index (χ2v) is 4.40. The number of nitrogens with one attached hydrogen (secondary N) is 1. The van der Waals surface area contributed by atoms with E-state index in [9.17, 15) is 0 Å². The van der Waals surface area contributed by atoms with Crippen LogP contribution in [0.25, 0.3) is 0 Å². The van der Waals surface area contributed by atoms with Gasteiger partial charge < -0.3 is 14.6 Å². The number of rotatable bonds is 5. The molecule has 0 radical (unpaired) electrons. The number of methoxy groups -OCH3 is 1. The summed E-state index contributed by atoms with van der Waals surface area (Å²) >= 11 is 0. The Morgan fingerprint density at radius 2 is 2.50 bits per heavy atom. The van der Waals surface area contributed by atoms with E-state index in [4.69, 9.17) is 4.74 Å². The van der Waals surface area contributed by atoms with Crippen LogP contribution in [0.3, 0.4) is 0 Å². The normalized spacial score (nSPS) is 25.1. The van der Waals surface area contributed by atoms with Crippen LogP contribution in [-0.4, -0.2) is 41.6 Å². The third-order valence-electron chi connectivity index (χ3n) is 3.55. The summed E-state index contributed by atoms with van der Waals surface area (Å²) in [7, 11) is 1.72. The summed E-state index contributed by atoms with van der Waals surface area (Å²) in [6, 6.07) is 0. The second-order valence-electron chi connectivity index (χ2n) is 4.40. The minimum Gasteiger partial charge on any atom is -0.383 e. The molecule has 1 N–H and O–H groups in total. The maximum atomic E-state index is 5.11. The molecule has 0 spiro atoms. The van der Waals surface area contributed by atoms with E-state index in [0.29, 0.717) is 6.61 Å². The number of ether oxygens (including phenoxy) is 1. The molecule has 2 heterocycles. The van der Waals surface area contributed by atoms with Gasteiger partial charge in [0, 0.05) is 25.6 Å². The zero-order valence-electron chi connectivity index (χ0n) is 10.1. The van der Waals surface area contributed by atoms with Crippen LogP contribution in [0.2, 0.25) is 0 Å². The lowest BCUT2D eigenvalue weighted by atomic mass is 9.83. The predicted molar refractivity (Wildman–Crippen MR) is 61.4 cm³/mol. The van der Waals surface area contributed by atoms with Crippen LogP contribution in [0.4, 0.5) is 0 Å². The van der Waals surface area contributed by atoms with E-state index in [1.165, 1.54) is 0 Å². The van der Waals surface area contributed by atoms with E-state index in [1.54, 1.807) is 7.11 Å². The van der Waals surface area contributed by atoms with Gasteiger partial charge in [0.1, 0.15) is 12.2 Å². The van der Waals surface area contributed by atoms with Crippen molar-refractivity contribution in [3.05, 3.63) is 12.2 Å². The van der Waals surface area contributed by atoms with Crippen molar-refractivity contribution in [2.45, 2.75) is 31.7 Å². The Balaban J connectivity index is 2.21. The van der Waals surface area contributed by atoms with Gasteiger partial charge in [-0.15, -0.1) is 10.2 Å². The molecule has 2 rings (SSSR count). The van der Waals surface area contributed by atoms with E-state index < -0.39 is 0 Å². The Morgan fingerprint density at radius 1 is 1.62 bits per heavy atom. The van der Waals surface area contributed by atoms with Gasteiger partial charge in [-0.1, -0.05) is 6.92 Å². The van der Waals surface area contributed by atoms with Gasteiger partial charge in [0.05, 0.1) is 6.61 Å². The van der Waals surface area contributed by atoms with Crippen molar-refractivity contribution >= 4 is 0 Å². The minimum atomic E-state index is 0.171. The molecular weight excluding hydrogens is 204 g/mol. The Hall–Kier alpha value is -0.940. The van der Waals surface area contributed by atoms with E-state index >= 15 is 0 Å². The van der Waals surface area contributed by atoms with Gasteiger partial charge in [-0.2, -0.15) is 0 Å². The lowest BCUT2D eigenvalue weighted by molar-refractivity contribution is 0.184. The maximum Gasteiger partial charge on any atom is 0.140 e. The molecule has 1 aromatic heterocycles. The van der Waals surface area contributed by atoms with Gasteiger partial charge in [-0.3, -0.25) is 0 Å². The van der Waals surface area contributed by atoms with Gasteiger partial charge >= 0.3 is 0 Å². The summed E-state index contributed by atoms with van der Waals surface area (Å²) in [5.41, 5.74) is 0.171. The van der Waals surface area contributed by atoms with Crippen LogP contribution in [0.5, 0.6) is 0 Å². The first-order valence-corrected chi connectivity index (χ1v) is 5.90. The quantitative estimate of drug-likeness (QED) is 0.794. The fraction of sp³-hybridized carbons (Fsp3) is 0.818. The molecule has 1 fully saturated rings. The summed E-state index contributed by atoms with van der Waals surface area (Å²) in [4.78, 5) is 0. The predicted octanol–water partition coefficient (Wildman–Crippen LogP) is 0.566. The third kappa shape index (κ3) is 1.97. The van der Waals surface area contributed by atoms with Crippen LogP contribution in [0.15, 0.2) is 6.33 Å². The van der Waals surface area contributed by atoms with Crippen molar-refractivity contribution in [3.8, 4) is 0 Å². The van der Waals surface area contributed by atoms with E-state index in [1.807, 2.05) is 6.33 Å². The molecule has 0 amide bonds. The number of hydrogen-bond donors (Lipinski definition) is 1. The van der Waals surface area contributed by atoms with E-state index in [0.717, 1.165) is 38.3 Å². The Labute approximate surface area is 96.2 Å². The Kier molecular flexibility index (Phi) is 3.56.